The second-order valence-corrected chi connectivity index (χ2v) is 11.0. The zero-order chi connectivity index (χ0) is 29.8. The maximum atomic E-state index is 15.3. The van der Waals surface area contributed by atoms with Gasteiger partial charge < -0.3 is 15.4 Å². The van der Waals surface area contributed by atoms with Gasteiger partial charge in [0.15, 0.2) is 5.95 Å². The summed E-state index contributed by atoms with van der Waals surface area (Å²) in [5.41, 5.74) is 9.39. The number of benzene rings is 4. The van der Waals surface area contributed by atoms with E-state index in [0.29, 0.717) is 27.2 Å². The first-order chi connectivity index (χ1) is 20.8. The maximum absolute atomic E-state index is 15.3. The van der Waals surface area contributed by atoms with Gasteiger partial charge in [-0.25, -0.2) is 13.8 Å². The predicted molar refractivity (Wildman–Crippen MR) is 158 cm³/mol. The Hall–Kier alpha value is -5.48. The van der Waals surface area contributed by atoms with Crippen LogP contribution in [-0.2, 0) is 0 Å². The Labute approximate surface area is 247 Å². The predicted octanol–water partition coefficient (Wildman–Crippen LogP) is 6.52. The smallest absolute Gasteiger partial charge is 0.312 e. The van der Waals surface area contributed by atoms with Crippen molar-refractivity contribution in [3.63, 3.8) is 0 Å². The van der Waals surface area contributed by atoms with Crippen molar-refractivity contribution in [3.8, 4) is 34.0 Å². The van der Waals surface area contributed by atoms with Crippen molar-refractivity contribution >= 4 is 43.8 Å². The van der Waals surface area contributed by atoms with E-state index in [1.807, 2.05) is 61.5 Å². The van der Waals surface area contributed by atoms with E-state index < -0.39 is 23.4 Å². The minimum atomic E-state index is -0.934. The molecule has 10 heteroatoms. The number of aromatic nitrogens is 3. The highest BCUT2D eigenvalue weighted by atomic mass is 32.1. The summed E-state index contributed by atoms with van der Waals surface area (Å²) in [4.78, 5) is 19.1. The molecule has 3 aromatic heterocycles. The zero-order valence-electron chi connectivity index (χ0n) is 22.5. The summed E-state index contributed by atoms with van der Waals surface area (Å²) >= 11 is 0.974. The topological polar surface area (TPSA) is 109 Å². The average Bonchev–Trinajstić information content (AvgIpc) is 3.56. The van der Waals surface area contributed by atoms with Gasteiger partial charge in [0, 0.05) is 34.7 Å². The number of fused-ring (bicyclic) bond motifs is 2. The number of aryl methyl sites for hydroxylation is 1. The van der Waals surface area contributed by atoms with Gasteiger partial charge in [-0.05, 0) is 46.1 Å². The molecule has 7 nitrogen and oxygen atoms in total. The molecule has 0 aliphatic heterocycles. The van der Waals surface area contributed by atoms with Crippen LogP contribution in [0.25, 0.3) is 49.1 Å². The molecule has 0 saturated carbocycles. The number of carbonyl (C=O) groups excluding carboxylic acids is 1. The molecule has 0 aliphatic rings. The summed E-state index contributed by atoms with van der Waals surface area (Å²) in [6.45, 7) is 1.90. The molecule has 0 amide bonds. The van der Waals surface area contributed by atoms with E-state index in [9.17, 15) is 14.3 Å². The van der Waals surface area contributed by atoms with Gasteiger partial charge in [-0.1, -0.05) is 60.2 Å². The van der Waals surface area contributed by atoms with Crippen molar-refractivity contribution in [1.29, 1.82) is 0 Å². The van der Waals surface area contributed by atoms with Crippen molar-refractivity contribution in [2.24, 2.45) is 0 Å². The fourth-order valence-corrected chi connectivity index (χ4v) is 6.26. The Morgan fingerprint density at radius 3 is 2.49 bits per heavy atom. The second-order valence-electron chi connectivity index (χ2n) is 10.0. The molecule has 4 aromatic carbocycles. The van der Waals surface area contributed by atoms with Crippen LogP contribution in [0.3, 0.4) is 0 Å². The van der Waals surface area contributed by atoms with Crippen molar-refractivity contribution in [2.45, 2.75) is 6.92 Å². The molecule has 7 rings (SSSR count). The highest BCUT2D eigenvalue weighted by molar-refractivity contribution is 7.21. The first-order valence-corrected chi connectivity index (χ1v) is 14.0. The van der Waals surface area contributed by atoms with Gasteiger partial charge in [-0.15, -0.1) is 11.3 Å². The highest BCUT2D eigenvalue weighted by Crippen LogP contribution is 2.43. The van der Waals surface area contributed by atoms with E-state index in [-0.39, 0.29) is 21.8 Å². The minimum Gasteiger partial charge on any atom is -0.539 e. The van der Waals surface area contributed by atoms with Crippen LogP contribution < -0.4 is 15.5 Å². The van der Waals surface area contributed by atoms with E-state index in [1.54, 1.807) is 18.2 Å². The molecule has 2 N–H and O–H groups in total. The summed E-state index contributed by atoms with van der Waals surface area (Å²) < 4.78 is 35.2. The van der Waals surface area contributed by atoms with Gasteiger partial charge in [0.2, 0.25) is 5.69 Å². The van der Waals surface area contributed by atoms with Crippen LogP contribution in [0.4, 0.5) is 14.5 Å². The largest absolute Gasteiger partial charge is 0.539 e. The van der Waals surface area contributed by atoms with Gasteiger partial charge in [-0.2, -0.15) is 0 Å². The highest BCUT2D eigenvalue weighted by Gasteiger charge is 2.33. The quantitative estimate of drug-likeness (QED) is 0.181. The van der Waals surface area contributed by atoms with Crippen LogP contribution in [0.1, 0.15) is 20.9 Å². The molecule has 0 radical (unpaired) electrons. The summed E-state index contributed by atoms with van der Waals surface area (Å²) in [7, 11) is 0. The lowest BCUT2D eigenvalue weighted by Crippen LogP contribution is -2.39. The zero-order valence-corrected chi connectivity index (χ0v) is 23.3. The standard InChI is InChI=1S/C33H20F2N4O3S/c1-17-9-12-20(13-10-17)39-29(33(41)42-38-39)30(40)31-28(36)27-24(22-14-11-19(34)15-25(22)35)16-26(37-32(27)43-31)23-8-4-6-18-5-2-3-7-21(18)23/h2-16H,1H3,(H2-,36,38,40,41). The first-order valence-electron chi connectivity index (χ1n) is 13.2. The Balaban J connectivity index is 1.47. The summed E-state index contributed by atoms with van der Waals surface area (Å²) in [6.07, 6.45) is 0. The Morgan fingerprint density at radius 2 is 1.70 bits per heavy atom. The van der Waals surface area contributed by atoms with E-state index in [4.69, 9.17) is 15.2 Å². The average molecular weight is 591 g/mol. The molecule has 0 fully saturated rings. The van der Waals surface area contributed by atoms with Crippen molar-refractivity contribution < 1.29 is 27.9 Å². The molecule has 0 unspecified atom stereocenters. The van der Waals surface area contributed by atoms with Gasteiger partial charge in [0.1, 0.15) is 21.3 Å². The molecule has 0 atom stereocenters. The van der Waals surface area contributed by atoms with Crippen molar-refractivity contribution in [1.82, 2.24) is 10.3 Å². The Kier molecular flexibility index (Phi) is 6.21. The van der Waals surface area contributed by atoms with Gasteiger partial charge in [0.05, 0.1) is 16.7 Å². The van der Waals surface area contributed by atoms with Crippen molar-refractivity contribution in [2.75, 3.05) is 5.73 Å². The molecule has 0 aliphatic carbocycles. The third-order valence-electron chi connectivity index (χ3n) is 7.30. The molecular formula is C33H20F2N4O3S. The van der Waals surface area contributed by atoms with E-state index in [2.05, 4.69) is 5.27 Å². The number of halogens is 2. The molecule has 0 saturated heterocycles. The molecule has 7 aromatic rings. The second kappa shape index (κ2) is 10.1. The third-order valence-corrected chi connectivity index (χ3v) is 8.39. The Morgan fingerprint density at radius 1 is 0.930 bits per heavy atom. The van der Waals surface area contributed by atoms with Gasteiger partial charge >= 0.3 is 5.69 Å². The van der Waals surface area contributed by atoms with Crippen LogP contribution in [0.2, 0.25) is 0 Å². The van der Waals surface area contributed by atoms with Crippen LogP contribution in [0.5, 0.6) is 5.95 Å². The number of thiophene rings is 1. The molecule has 43 heavy (non-hydrogen) atoms. The van der Waals surface area contributed by atoms with Crippen LogP contribution in [-0.4, -0.2) is 16.0 Å². The first kappa shape index (κ1) is 26.4. The summed E-state index contributed by atoms with van der Waals surface area (Å²) in [5, 5.41) is 18.7. The fraction of sp³-hybridized carbons (Fsp3) is 0.0303. The number of carbonyl (C=O) groups is 1. The summed E-state index contributed by atoms with van der Waals surface area (Å²) in [6, 6.07) is 25.5. The molecule has 210 valence electrons. The van der Waals surface area contributed by atoms with Crippen LogP contribution in [0.15, 0.2) is 95.5 Å². The molecule has 0 spiro atoms. The summed E-state index contributed by atoms with van der Waals surface area (Å²) in [5.74, 6) is -3.18. The molecule has 0 bridgehead atoms. The number of nitrogen functional groups attached to an aromatic ring is 1. The maximum Gasteiger partial charge on any atom is 0.312 e. The number of ketones is 1. The number of nitrogens with two attached hydrogens (primary N) is 1. The van der Waals surface area contributed by atoms with Crippen LogP contribution >= 0.6 is 11.3 Å². The fourth-order valence-electron chi connectivity index (χ4n) is 5.20. The third kappa shape index (κ3) is 4.39. The monoisotopic (exact) mass is 590 g/mol. The van der Waals surface area contributed by atoms with Gasteiger partial charge in [0.25, 0.3) is 5.78 Å². The van der Waals surface area contributed by atoms with Gasteiger partial charge in [-0.3, -0.25) is 4.79 Å². The van der Waals surface area contributed by atoms with E-state index in [1.165, 1.54) is 6.07 Å². The normalized spacial score (nSPS) is 11.4. The van der Waals surface area contributed by atoms with Crippen molar-refractivity contribution in [3.05, 3.63) is 119 Å². The SMILES string of the molecule is Cc1ccc(-[n+]2noc([O-])c2C(=O)c2sc3nc(-c4cccc5ccccc45)cc(-c4ccc(F)cc4F)c3c2N)cc1. The lowest BCUT2D eigenvalue weighted by atomic mass is 9.96. The molecular weight excluding hydrogens is 570 g/mol. The van der Waals surface area contributed by atoms with E-state index >= 15 is 4.39 Å². The number of hydrogen-bond acceptors (Lipinski definition) is 7. The number of rotatable bonds is 5. The number of hydrogen-bond donors (Lipinski definition) is 1. The number of anilines is 1. The lowest BCUT2D eigenvalue weighted by Gasteiger charge is -2.11. The minimum absolute atomic E-state index is 0.0109. The molecule has 3 heterocycles. The number of pyridine rings is 1. The lowest BCUT2D eigenvalue weighted by molar-refractivity contribution is -0.672. The van der Waals surface area contributed by atoms with Crippen LogP contribution in [0, 0.1) is 18.6 Å². The Bertz CT molecular complexity index is 2220. The number of nitrogens with zero attached hydrogens (tertiary/aromatic N) is 3. The van der Waals surface area contributed by atoms with E-state index in [0.717, 1.165) is 50.1 Å².